The maximum Gasteiger partial charge on any atom is 0 e. The average Bonchev–Trinajstić information content (AvgIpc) is 3.42. The van der Waals surface area contributed by atoms with E-state index in [0.29, 0.717) is 0 Å². The van der Waals surface area contributed by atoms with Crippen LogP contribution in [0.5, 0.6) is 0 Å². The molecule has 1 radical (unpaired) electrons. The molecule has 3 aromatic carbocycles. The van der Waals surface area contributed by atoms with Crippen LogP contribution in [-0.4, -0.2) is 25.4 Å². The molecule has 1 N–H and O–H groups in total. The van der Waals surface area contributed by atoms with Gasteiger partial charge in [-0.15, -0.1) is 0 Å². The number of aliphatic hydroxyl groups is 1. The summed E-state index contributed by atoms with van der Waals surface area (Å²) in [6, 6.07) is 23.7. The molecule has 0 aliphatic carbocycles. The predicted octanol–water partition coefficient (Wildman–Crippen LogP) is 11.1. The van der Waals surface area contributed by atoms with Crippen molar-refractivity contribution in [3.05, 3.63) is 95.4 Å². The zero-order chi connectivity index (χ0) is 35.4. The minimum Gasteiger partial charge on any atom is 0 e. The van der Waals surface area contributed by atoms with Gasteiger partial charge in [-0.25, -0.2) is 0 Å². The van der Waals surface area contributed by atoms with Crippen molar-refractivity contribution in [3.63, 3.8) is 0 Å². The molecule has 0 aliphatic rings. The molecule has 5 rings (SSSR count). The van der Waals surface area contributed by atoms with Crippen LogP contribution in [-0.2, 0) is 36.7 Å². The first-order valence-corrected chi connectivity index (χ1v) is 19.5. The van der Waals surface area contributed by atoms with Gasteiger partial charge in [0.05, 0.1) is 5.76 Å². The third-order valence-corrected chi connectivity index (χ3v) is 12.3. The molecule has 265 valence electrons. The van der Waals surface area contributed by atoms with Crippen LogP contribution in [0.1, 0.15) is 112 Å². The number of nitrogens with zero attached hydrogens (tertiary/aromatic N) is 1. The molecule has 0 aliphatic heterocycles. The van der Waals surface area contributed by atoms with E-state index in [9.17, 15) is 9.90 Å². The summed E-state index contributed by atoms with van der Waals surface area (Å²) >= 11 is 0.238. The Kier molecular flexibility index (Phi) is 14.3. The number of rotatable bonds is 9. The Labute approximate surface area is 315 Å². The minimum absolute atomic E-state index is 0. The smallest absolute Gasteiger partial charge is 0 e. The molecule has 0 fully saturated rings. The molecule has 2 heterocycles. The maximum absolute atomic E-state index is 11.7. The van der Waals surface area contributed by atoms with E-state index in [1.165, 1.54) is 53.0 Å². The van der Waals surface area contributed by atoms with Crippen LogP contribution in [0, 0.1) is 36.4 Å². The molecule has 0 saturated heterocycles. The second-order valence-electron chi connectivity index (χ2n) is 15.4. The van der Waals surface area contributed by atoms with Gasteiger partial charge in [0.25, 0.3) is 0 Å². The Morgan fingerprint density at radius 1 is 0.878 bits per heavy atom. The minimum atomic E-state index is 0. The number of hydrogen-bond acceptors (Lipinski definition) is 2. The fourth-order valence-corrected chi connectivity index (χ4v) is 9.32. The van der Waals surface area contributed by atoms with E-state index in [-0.39, 0.29) is 68.8 Å². The van der Waals surface area contributed by atoms with Crippen molar-refractivity contribution < 1.29 is 34.6 Å². The molecule has 0 unspecified atom stereocenters. The van der Waals surface area contributed by atoms with Crippen LogP contribution in [0.4, 0.5) is 0 Å². The molecule has 5 heteroatoms. The number of ketones is 1. The SMILES string of the molecule is CCC(CC)C(=O)/C=C(\O)C(CC)CC.Cc1c(CC(C)(C)C)ccc2c1[se]c1c2cc[c-][n+]1-c1[c-]c2ccccc2c(C(C)(C)C)c1.[Ir]. The topological polar surface area (TPSA) is 41.2 Å². The molecule has 0 atom stereocenters. The second kappa shape index (κ2) is 17.1. The second-order valence-corrected chi connectivity index (χ2v) is 17.5. The third-order valence-electron chi connectivity index (χ3n) is 9.51. The largest absolute Gasteiger partial charge is 0 e. The van der Waals surface area contributed by atoms with Gasteiger partial charge in [0, 0.05) is 38.0 Å². The summed E-state index contributed by atoms with van der Waals surface area (Å²) in [5.74, 6) is 0.547. The predicted molar refractivity (Wildman–Crippen MR) is 206 cm³/mol. The molecule has 0 amide bonds. The molecule has 2 aromatic heterocycles. The van der Waals surface area contributed by atoms with Gasteiger partial charge >= 0.3 is 204 Å². The molecular formula is C44H56IrNO2Se-. The first-order chi connectivity index (χ1) is 22.6. The fourth-order valence-electron chi connectivity index (χ4n) is 6.60. The number of allylic oxidation sites excluding steroid dienone is 2. The normalized spacial score (nSPS) is 12.5. The summed E-state index contributed by atoms with van der Waals surface area (Å²) in [5, 5.41) is 15.0. The van der Waals surface area contributed by atoms with Crippen LogP contribution in [0.2, 0.25) is 0 Å². The van der Waals surface area contributed by atoms with Gasteiger partial charge in [0.1, 0.15) is 0 Å². The number of carbonyl (C=O) groups is 1. The van der Waals surface area contributed by atoms with E-state index in [2.05, 4.69) is 120 Å². The van der Waals surface area contributed by atoms with Crippen LogP contribution in [0.15, 0.2) is 66.4 Å². The Hall–Kier alpha value is -2.55. The molecule has 0 bridgehead atoms. The number of aromatic nitrogens is 1. The number of pyridine rings is 1. The number of aryl methyl sites for hydroxylation is 1. The van der Waals surface area contributed by atoms with Gasteiger partial charge in [-0.2, -0.15) is 0 Å². The molecule has 0 spiro atoms. The maximum atomic E-state index is 11.7. The van der Waals surface area contributed by atoms with Gasteiger partial charge in [0.15, 0.2) is 5.78 Å². The van der Waals surface area contributed by atoms with Crippen LogP contribution in [0.25, 0.3) is 35.9 Å². The van der Waals surface area contributed by atoms with Gasteiger partial charge in [-0.3, -0.25) is 4.79 Å². The van der Waals surface area contributed by atoms with Crippen molar-refractivity contribution >= 4 is 50.5 Å². The Bertz CT molecular complexity index is 1910. The summed E-state index contributed by atoms with van der Waals surface area (Å²) in [6.07, 6.45) is 9.55. The van der Waals surface area contributed by atoms with Crippen molar-refractivity contribution in [2.45, 2.75) is 114 Å². The number of benzene rings is 3. The molecule has 0 saturated carbocycles. The van der Waals surface area contributed by atoms with E-state index in [4.69, 9.17) is 0 Å². The van der Waals surface area contributed by atoms with Crippen molar-refractivity contribution in [1.29, 1.82) is 0 Å². The fraction of sp³-hybridized carbons (Fsp3) is 0.455. The van der Waals surface area contributed by atoms with Crippen molar-refractivity contribution in [2.75, 3.05) is 0 Å². The quantitative estimate of drug-likeness (QED) is 0.0526. The van der Waals surface area contributed by atoms with Gasteiger partial charge < -0.3 is 5.11 Å². The molecule has 3 nitrogen and oxygen atoms in total. The van der Waals surface area contributed by atoms with E-state index in [1.54, 1.807) is 0 Å². The zero-order valence-corrected chi connectivity index (χ0v) is 35.6. The number of fused-ring (bicyclic) bond motifs is 4. The first kappa shape index (κ1) is 40.9. The standard InChI is InChI=1S/C31H32NSe.C13H24O2.Ir/c1-20-22(19-30(2,3)4)14-15-25-26-13-10-16-32(29(26)33-28(20)25)23-17-21-11-8-9-12-24(21)27(18-23)31(5,6)7;1-5-10(6-2)12(14)9-13(15)11(7-3)8-4;/h8-15,18H,19H2,1-7H3;9-11,14H,5-8H2,1-4H3;/q-1;;/b;12-9-;. The van der Waals surface area contributed by atoms with E-state index in [1.807, 2.05) is 27.7 Å². The summed E-state index contributed by atoms with van der Waals surface area (Å²) in [5.41, 5.74) is 5.75. The molecule has 49 heavy (non-hydrogen) atoms. The van der Waals surface area contributed by atoms with E-state index in [0.717, 1.165) is 37.8 Å². The number of aliphatic hydroxyl groups excluding tert-OH is 1. The summed E-state index contributed by atoms with van der Waals surface area (Å²) < 4.78 is 5.19. The monoisotopic (exact) mass is 903 g/mol. The van der Waals surface area contributed by atoms with Gasteiger partial charge in [-0.05, 0) is 25.7 Å². The van der Waals surface area contributed by atoms with Crippen LogP contribution < -0.4 is 4.57 Å². The third kappa shape index (κ3) is 9.62. The summed E-state index contributed by atoms with van der Waals surface area (Å²) in [4.78, 5) is 11.7. The number of hydrogen-bond donors (Lipinski definition) is 1. The van der Waals surface area contributed by atoms with E-state index >= 15 is 0 Å². The van der Waals surface area contributed by atoms with Crippen LogP contribution >= 0.6 is 0 Å². The average molecular weight is 902 g/mol. The van der Waals surface area contributed by atoms with Crippen molar-refractivity contribution in [2.24, 2.45) is 17.3 Å². The number of carbonyl (C=O) groups excluding carboxylic acids is 1. The van der Waals surface area contributed by atoms with Gasteiger partial charge in [-0.1, -0.05) is 27.7 Å². The van der Waals surface area contributed by atoms with Crippen molar-refractivity contribution in [1.82, 2.24) is 0 Å². The zero-order valence-electron chi connectivity index (χ0n) is 31.5. The molecular weight excluding hydrogens is 846 g/mol. The van der Waals surface area contributed by atoms with Crippen molar-refractivity contribution in [3.8, 4) is 5.69 Å². The Morgan fingerprint density at radius 3 is 2.10 bits per heavy atom. The Balaban J connectivity index is 0.000000347. The summed E-state index contributed by atoms with van der Waals surface area (Å²) in [6.45, 7) is 24.2. The van der Waals surface area contributed by atoms with E-state index < -0.39 is 0 Å². The Morgan fingerprint density at radius 2 is 1.51 bits per heavy atom. The molecule has 5 aromatic rings. The first-order valence-electron chi connectivity index (χ1n) is 17.8. The van der Waals surface area contributed by atoms with Crippen LogP contribution in [0.3, 0.4) is 0 Å². The van der Waals surface area contributed by atoms with Gasteiger partial charge in [0.2, 0.25) is 0 Å². The summed E-state index contributed by atoms with van der Waals surface area (Å²) in [7, 11) is 0.